The predicted molar refractivity (Wildman–Crippen MR) is 221 cm³/mol. The minimum absolute atomic E-state index is 0. The number of nitrogens with one attached hydrogen (secondary N) is 1. The maximum absolute atomic E-state index is 13.6. The molecule has 13 nitrogen and oxygen atoms in total. The molecule has 0 aromatic heterocycles. The standard InChI is InChI=1S/C45H77N2O11.2Na/c1-6-7-8-9-10-11-12-13-14-15-16-20-28-56-44-39(50)40(38(49)36(58-44)27-29-55-32(2)31-48)57-37(41(46)51)30-35(42(52)47-45(3,4)5)26-25-34(43(53)54)24-23-33-21-18-17-19-22-33;;/h17-19,21-22,32,34-40,44,48-50H,3,6-16,20,23-31H2,1-2,4-5H3,(H2,46,51)(H,47,52)(H,53,54);;/q-1;2*+1/p-1. The number of aliphatic hydroxyl groups excluding tert-OH is 3. The summed E-state index contributed by atoms with van der Waals surface area (Å²) in [5.41, 5.74) is 5.94. The Hall–Kier alpha value is -0.650. The monoisotopic (exact) mass is 867 g/mol. The maximum Gasteiger partial charge on any atom is 1.00 e. The van der Waals surface area contributed by atoms with E-state index in [1.807, 2.05) is 30.3 Å². The Morgan fingerprint density at radius 3 is 1.98 bits per heavy atom. The van der Waals surface area contributed by atoms with Crippen molar-refractivity contribution in [1.82, 2.24) is 5.32 Å². The van der Waals surface area contributed by atoms with Crippen LogP contribution in [0.4, 0.5) is 0 Å². The van der Waals surface area contributed by atoms with Gasteiger partial charge in [0, 0.05) is 25.1 Å². The number of carboxylic acid groups (broad SMARTS) is 1. The number of carboxylic acids is 1. The second-order valence-corrected chi connectivity index (χ2v) is 16.9. The number of rotatable bonds is 33. The van der Waals surface area contributed by atoms with Gasteiger partial charge in [-0.15, -0.1) is 0 Å². The molecule has 0 saturated carbocycles. The van der Waals surface area contributed by atoms with Gasteiger partial charge in [-0.05, 0) is 63.4 Å². The van der Waals surface area contributed by atoms with E-state index in [1.54, 1.807) is 20.8 Å². The number of unbranched alkanes of at least 4 members (excludes halogenated alkanes) is 11. The van der Waals surface area contributed by atoms with E-state index in [2.05, 4.69) is 19.2 Å². The third-order valence-corrected chi connectivity index (χ3v) is 10.8. The van der Waals surface area contributed by atoms with Crippen molar-refractivity contribution in [3.05, 3.63) is 42.8 Å². The van der Waals surface area contributed by atoms with Gasteiger partial charge in [-0.2, -0.15) is 0 Å². The number of aliphatic hydroxyl groups is 3. The molecule has 2 amide bonds. The van der Waals surface area contributed by atoms with E-state index in [0.29, 0.717) is 19.4 Å². The summed E-state index contributed by atoms with van der Waals surface area (Å²) < 4.78 is 23.8. The summed E-state index contributed by atoms with van der Waals surface area (Å²) in [6.07, 6.45) is 6.61. The van der Waals surface area contributed by atoms with Gasteiger partial charge in [0.05, 0.1) is 18.8 Å². The van der Waals surface area contributed by atoms with Gasteiger partial charge in [-0.1, -0.05) is 127 Å². The molecule has 1 aliphatic heterocycles. The van der Waals surface area contributed by atoms with Crippen LogP contribution in [0.5, 0.6) is 0 Å². The largest absolute Gasteiger partial charge is 1.00 e. The van der Waals surface area contributed by atoms with Crippen LogP contribution in [0.15, 0.2) is 30.3 Å². The van der Waals surface area contributed by atoms with Gasteiger partial charge in [0.2, 0.25) is 11.8 Å². The van der Waals surface area contributed by atoms with Crippen LogP contribution < -0.4 is 75.3 Å². The van der Waals surface area contributed by atoms with Gasteiger partial charge >= 0.3 is 59.1 Å². The smallest absolute Gasteiger partial charge is 0.550 e. The number of carbonyl (C=O) groups is 3. The number of hydrogen-bond donors (Lipinski definition) is 5. The van der Waals surface area contributed by atoms with Crippen LogP contribution in [-0.4, -0.2) is 101 Å². The Kier molecular flexibility index (Phi) is 33.4. The summed E-state index contributed by atoms with van der Waals surface area (Å²) in [5, 5.41) is 47.3. The van der Waals surface area contributed by atoms with Crippen LogP contribution in [0.25, 0.3) is 0 Å². The number of nitrogens with two attached hydrogens (primary N) is 1. The first kappa shape index (κ1) is 59.4. The minimum Gasteiger partial charge on any atom is -0.550 e. The number of primary amides is 1. The normalized spacial score (nSPS) is 21.2. The van der Waals surface area contributed by atoms with E-state index >= 15 is 0 Å². The van der Waals surface area contributed by atoms with Crippen LogP contribution in [0.1, 0.15) is 142 Å². The van der Waals surface area contributed by atoms with Gasteiger partial charge in [0.15, 0.2) is 6.29 Å². The van der Waals surface area contributed by atoms with E-state index in [1.165, 1.54) is 51.4 Å². The fourth-order valence-corrected chi connectivity index (χ4v) is 7.27. The fraction of sp³-hybridized carbons (Fsp3) is 0.778. The Balaban J connectivity index is 0.0000174. The molecule has 0 bridgehead atoms. The van der Waals surface area contributed by atoms with Crippen molar-refractivity contribution in [3.63, 3.8) is 0 Å². The van der Waals surface area contributed by atoms with Gasteiger partial charge in [-0.25, -0.2) is 0 Å². The summed E-state index contributed by atoms with van der Waals surface area (Å²) in [6.45, 7) is 11.5. The van der Waals surface area contributed by atoms with Crippen molar-refractivity contribution in [2.45, 2.75) is 192 Å². The molecule has 1 aromatic carbocycles. The van der Waals surface area contributed by atoms with Crippen molar-refractivity contribution in [1.29, 1.82) is 0 Å². The summed E-state index contributed by atoms with van der Waals surface area (Å²) in [7, 11) is 0. The van der Waals surface area contributed by atoms with E-state index in [-0.39, 0.29) is 98.0 Å². The fourth-order valence-electron chi connectivity index (χ4n) is 7.27. The second kappa shape index (κ2) is 33.8. The van der Waals surface area contributed by atoms with Crippen molar-refractivity contribution in [3.8, 4) is 0 Å². The summed E-state index contributed by atoms with van der Waals surface area (Å²) >= 11 is 0. The average molecular weight is 867 g/mol. The van der Waals surface area contributed by atoms with Crippen molar-refractivity contribution < 1.29 is 113 Å². The number of aliphatic carboxylic acids is 1. The Bertz CT molecular complexity index is 1280. The second-order valence-electron chi connectivity index (χ2n) is 16.9. The zero-order valence-corrected chi connectivity index (χ0v) is 41.8. The molecule has 60 heavy (non-hydrogen) atoms. The molecule has 15 heteroatoms. The number of benzene rings is 1. The van der Waals surface area contributed by atoms with Crippen molar-refractivity contribution >= 4 is 17.8 Å². The van der Waals surface area contributed by atoms with Crippen molar-refractivity contribution in [2.75, 3.05) is 19.8 Å². The molecule has 9 atom stereocenters. The molecule has 1 aromatic rings. The SMILES string of the molecule is [CH2-]C(C)(C)NC(=O)C(CCC(CCc1ccccc1)C(=O)[O-])CC(OC1C(O)C(CCOC(C)CO)OC(OCCCCCCCCCCCCCC)C1O)C(N)=O.[Na+].[Na+]. The van der Waals surface area contributed by atoms with Crippen LogP contribution in [-0.2, 0) is 39.8 Å². The first-order chi connectivity index (χ1) is 27.7. The van der Waals surface area contributed by atoms with Crippen LogP contribution >= 0.6 is 0 Å². The van der Waals surface area contributed by atoms with Crippen LogP contribution in [0, 0.1) is 18.8 Å². The summed E-state index contributed by atoms with van der Waals surface area (Å²) in [6, 6.07) is 9.46. The number of carbonyl (C=O) groups excluding carboxylic acids is 3. The molecule has 1 saturated heterocycles. The molecule has 0 radical (unpaired) electrons. The number of amides is 2. The van der Waals surface area contributed by atoms with Crippen LogP contribution in [0.3, 0.4) is 0 Å². The van der Waals surface area contributed by atoms with Gasteiger partial charge in [-0.3, -0.25) is 9.59 Å². The quantitative estimate of drug-likeness (QED) is 0.0319. The number of ether oxygens (including phenoxy) is 4. The molecule has 0 spiro atoms. The first-order valence-corrected chi connectivity index (χ1v) is 21.9. The Morgan fingerprint density at radius 1 is 0.883 bits per heavy atom. The molecule has 1 heterocycles. The Morgan fingerprint density at radius 2 is 1.45 bits per heavy atom. The zero-order chi connectivity index (χ0) is 42.9. The molecule has 9 unspecified atom stereocenters. The van der Waals surface area contributed by atoms with Crippen LogP contribution in [0.2, 0.25) is 0 Å². The zero-order valence-electron chi connectivity index (χ0n) is 37.8. The maximum atomic E-state index is 13.6. The molecule has 0 aliphatic carbocycles. The predicted octanol–water partition coefficient (Wildman–Crippen LogP) is -1.30. The number of aryl methyl sites for hydroxylation is 1. The molecule has 1 aliphatic rings. The summed E-state index contributed by atoms with van der Waals surface area (Å²) in [5.74, 6) is -4.44. The van der Waals surface area contributed by atoms with E-state index in [4.69, 9.17) is 24.7 Å². The molecule has 6 N–H and O–H groups in total. The Labute approximate surface area is 404 Å². The molecule has 334 valence electrons. The molecule has 2 rings (SSSR count). The molecule has 1 fully saturated rings. The average Bonchev–Trinajstić information content (AvgIpc) is 3.17. The van der Waals surface area contributed by atoms with Crippen molar-refractivity contribution in [2.24, 2.45) is 17.6 Å². The minimum atomic E-state index is -1.52. The number of hydrogen-bond acceptors (Lipinski definition) is 11. The van der Waals surface area contributed by atoms with Gasteiger partial charge < -0.3 is 62.1 Å². The first-order valence-electron chi connectivity index (χ1n) is 21.9. The van der Waals surface area contributed by atoms with E-state index < -0.39 is 78.1 Å². The molecular formula is C45H76N2Na2O11. The third-order valence-electron chi connectivity index (χ3n) is 10.8. The summed E-state index contributed by atoms with van der Waals surface area (Å²) in [4.78, 5) is 38.8. The third kappa shape index (κ3) is 25.0. The topological polar surface area (TPSA) is 210 Å². The van der Waals surface area contributed by atoms with Gasteiger partial charge in [0.1, 0.15) is 24.4 Å². The van der Waals surface area contributed by atoms with E-state index in [0.717, 1.165) is 31.2 Å². The van der Waals surface area contributed by atoms with Gasteiger partial charge in [0.25, 0.3) is 0 Å². The molecular weight excluding hydrogens is 790 g/mol. The van der Waals surface area contributed by atoms with E-state index in [9.17, 15) is 34.8 Å².